The molecule has 2 atom stereocenters. The molecule has 2 saturated heterocycles. The van der Waals surface area contributed by atoms with Crippen LogP contribution in [0.5, 0.6) is 0 Å². The molecule has 1 aromatic carbocycles. The van der Waals surface area contributed by atoms with E-state index in [0.29, 0.717) is 0 Å². The van der Waals surface area contributed by atoms with E-state index >= 15 is 0 Å². The van der Waals surface area contributed by atoms with Crippen LogP contribution >= 0.6 is 0 Å². The number of hydrogen-bond donors (Lipinski definition) is 1. The second-order valence-electron chi connectivity index (χ2n) is 6.81. The van der Waals surface area contributed by atoms with Gasteiger partial charge in [0.15, 0.2) is 0 Å². The Morgan fingerprint density at radius 1 is 0.750 bits per heavy atom. The molecule has 2 heterocycles. The summed E-state index contributed by atoms with van der Waals surface area (Å²) < 4.78 is 5.80. The minimum Gasteiger partial charge on any atom is -0.379 e. The molecule has 0 saturated carbocycles. The van der Waals surface area contributed by atoms with E-state index in [9.17, 15) is 0 Å². The summed E-state index contributed by atoms with van der Waals surface area (Å²) in [5.41, 5.74) is 1.41. The van der Waals surface area contributed by atoms with E-state index in [1.807, 2.05) is 0 Å². The van der Waals surface area contributed by atoms with Gasteiger partial charge in [-0.2, -0.15) is 0 Å². The standard InChI is InChI=1S/C19H32N4O/c1-2-4-19(5-3-1)18-23-9-7-20-6-8-21-10-11-22(12-13-23)15-17-24-16-14-21/h1-5,20H,6-18H2. The first kappa shape index (κ1) is 17.8. The maximum Gasteiger partial charge on any atom is 0.0594 e. The van der Waals surface area contributed by atoms with E-state index in [-0.39, 0.29) is 0 Å². The highest BCUT2D eigenvalue weighted by molar-refractivity contribution is 5.14. The molecule has 5 nitrogen and oxygen atoms in total. The average molecular weight is 332 g/mol. The molecule has 0 aromatic heterocycles. The molecule has 1 N–H and O–H groups in total. The third kappa shape index (κ3) is 6.15. The molecule has 3 rings (SSSR count). The Balaban J connectivity index is 1.59. The zero-order chi connectivity index (χ0) is 16.5. The molecule has 134 valence electrons. The van der Waals surface area contributed by atoms with Crippen LogP contribution in [0.25, 0.3) is 0 Å². The van der Waals surface area contributed by atoms with E-state index in [2.05, 4.69) is 50.3 Å². The highest BCUT2D eigenvalue weighted by Crippen LogP contribution is 2.05. The average Bonchev–Trinajstić information content (AvgIpc) is 2.71. The van der Waals surface area contributed by atoms with Crippen molar-refractivity contribution in [2.75, 3.05) is 78.7 Å². The van der Waals surface area contributed by atoms with Crippen molar-refractivity contribution in [3.8, 4) is 0 Å². The maximum absolute atomic E-state index is 5.80. The van der Waals surface area contributed by atoms with Crippen molar-refractivity contribution in [1.29, 1.82) is 0 Å². The van der Waals surface area contributed by atoms with Crippen LogP contribution in [0.3, 0.4) is 0 Å². The fourth-order valence-electron chi connectivity index (χ4n) is 3.44. The molecular formula is C19H32N4O. The number of ether oxygens (including phenoxy) is 1. The first-order valence-electron chi connectivity index (χ1n) is 9.39. The minimum atomic E-state index is 0.866. The van der Waals surface area contributed by atoms with E-state index in [4.69, 9.17) is 4.74 Å². The first-order valence-corrected chi connectivity index (χ1v) is 9.39. The van der Waals surface area contributed by atoms with Crippen LogP contribution in [0.1, 0.15) is 5.56 Å². The van der Waals surface area contributed by atoms with Crippen molar-refractivity contribution in [2.24, 2.45) is 0 Å². The van der Waals surface area contributed by atoms with Crippen LogP contribution in [0.2, 0.25) is 0 Å². The van der Waals surface area contributed by atoms with Gasteiger partial charge in [0.25, 0.3) is 0 Å². The molecule has 0 amide bonds. The predicted octanol–water partition coefficient (Wildman–Crippen LogP) is 0.726. The van der Waals surface area contributed by atoms with Crippen molar-refractivity contribution in [1.82, 2.24) is 20.0 Å². The quantitative estimate of drug-likeness (QED) is 0.863. The molecule has 2 aliphatic heterocycles. The molecule has 0 radical (unpaired) electrons. The summed E-state index contributed by atoms with van der Waals surface area (Å²) in [7, 11) is 0. The number of rotatable bonds is 2. The lowest BCUT2D eigenvalue weighted by atomic mass is 10.2. The number of fused-ring (bicyclic) bond motifs is 3. The zero-order valence-corrected chi connectivity index (χ0v) is 14.8. The summed E-state index contributed by atoms with van der Waals surface area (Å²) in [6.07, 6.45) is 0. The number of nitrogens with one attached hydrogen (secondary N) is 1. The van der Waals surface area contributed by atoms with Gasteiger partial charge < -0.3 is 10.1 Å². The van der Waals surface area contributed by atoms with Crippen LogP contribution < -0.4 is 5.32 Å². The van der Waals surface area contributed by atoms with Crippen molar-refractivity contribution in [3.05, 3.63) is 35.9 Å². The molecule has 0 aliphatic carbocycles. The molecule has 24 heavy (non-hydrogen) atoms. The van der Waals surface area contributed by atoms with Gasteiger partial charge in [-0.25, -0.2) is 0 Å². The lowest BCUT2D eigenvalue weighted by Gasteiger charge is -2.30. The van der Waals surface area contributed by atoms with Crippen LogP contribution in [-0.2, 0) is 11.3 Å². The van der Waals surface area contributed by atoms with Gasteiger partial charge >= 0.3 is 0 Å². The molecule has 0 spiro atoms. The summed E-state index contributed by atoms with van der Waals surface area (Å²) in [5, 5.41) is 3.61. The van der Waals surface area contributed by atoms with Crippen LogP contribution in [0.15, 0.2) is 30.3 Å². The lowest BCUT2D eigenvalue weighted by Crippen LogP contribution is -2.44. The smallest absolute Gasteiger partial charge is 0.0594 e. The molecule has 5 heteroatoms. The van der Waals surface area contributed by atoms with Crippen molar-refractivity contribution in [2.45, 2.75) is 6.54 Å². The summed E-state index contributed by atoms with van der Waals surface area (Å²) in [5.74, 6) is 0. The van der Waals surface area contributed by atoms with Crippen LogP contribution in [0, 0.1) is 0 Å². The summed E-state index contributed by atoms with van der Waals surface area (Å²) in [4.78, 5) is 7.69. The highest BCUT2D eigenvalue weighted by atomic mass is 16.5. The van der Waals surface area contributed by atoms with Gasteiger partial charge in [-0.05, 0) is 5.56 Å². The summed E-state index contributed by atoms with van der Waals surface area (Å²) >= 11 is 0. The number of benzene rings is 1. The summed E-state index contributed by atoms with van der Waals surface area (Å²) in [6.45, 7) is 13.8. The first-order chi connectivity index (χ1) is 11.9. The van der Waals surface area contributed by atoms with E-state index < -0.39 is 0 Å². The van der Waals surface area contributed by atoms with Crippen molar-refractivity contribution in [3.63, 3.8) is 0 Å². The largest absolute Gasteiger partial charge is 0.379 e. The highest BCUT2D eigenvalue weighted by Gasteiger charge is 2.15. The predicted molar refractivity (Wildman–Crippen MR) is 98.3 cm³/mol. The second kappa shape index (κ2) is 10.1. The zero-order valence-electron chi connectivity index (χ0n) is 14.8. The Morgan fingerprint density at radius 3 is 2.21 bits per heavy atom. The van der Waals surface area contributed by atoms with Gasteiger partial charge in [-0.3, -0.25) is 14.7 Å². The fourth-order valence-corrected chi connectivity index (χ4v) is 3.44. The Morgan fingerprint density at radius 2 is 1.42 bits per heavy atom. The van der Waals surface area contributed by atoms with Crippen LogP contribution in [0.4, 0.5) is 0 Å². The summed E-state index contributed by atoms with van der Waals surface area (Å²) in [6, 6.07) is 10.8. The molecule has 2 aliphatic rings. The fraction of sp³-hybridized carbons (Fsp3) is 0.684. The third-order valence-corrected chi connectivity index (χ3v) is 5.03. The third-order valence-electron chi connectivity index (χ3n) is 5.03. The SMILES string of the molecule is c1ccc(CN2CCNCCN3CCOCCN(CC3)CC2)cc1. The van der Waals surface area contributed by atoms with Gasteiger partial charge in [0, 0.05) is 72.0 Å². The topological polar surface area (TPSA) is 31.0 Å². The van der Waals surface area contributed by atoms with Gasteiger partial charge in [0.05, 0.1) is 13.2 Å². The Bertz CT molecular complexity index is 456. The van der Waals surface area contributed by atoms with Crippen LogP contribution in [-0.4, -0.2) is 93.4 Å². The monoisotopic (exact) mass is 332 g/mol. The lowest BCUT2D eigenvalue weighted by molar-refractivity contribution is 0.103. The minimum absolute atomic E-state index is 0.866. The second-order valence-corrected chi connectivity index (χ2v) is 6.81. The Labute approximate surface area is 146 Å². The molecule has 2 fully saturated rings. The van der Waals surface area contributed by atoms with E-state index in [1.165, 1.54) is 5.56 Å². The molecular weight excluding hydrogens is 300 g/mol. The van der Waals surface area contributed by atoms with Gasteiger partial charge in [-0.15, -0.1) is 0 Å². The van der Waals surface area contributed by atoms with Gasteiger partial charge in [-0.1, -0.05) is 30.3 Å². The Hall–Kier alpha value is -0.980. The number of hydrogen-bond acceptors (Lipinski definition) is 5. The maximum atomic E-state index is 5.80. The number of nitrogens with zero attached hydrogens (tertiary/aromatic N) is 3. The van der Waals surface area contributed by atoms with E-state index in [0.717, 1.165) is 85.2 Å². The molecule has 2 unspecified atom stereocenters. The van der Waals surface area contributed by atoms with Crippen molar-refractivity contribution < 1.29 is 4.74 Å². The molecule has 1 aromatic rings. The normalized spacial score (nSPS) is 28.2. The Kier molecular flexibility index (Phi) is 7.51. The van der Waals surface area contributed by atoms with Gasteiger partial charge in [0.1, 0.15) is 0 Å². The van der Waals surface area contributed by atoms with Crippen molar-refractivity contribution >= 4 is 0 Å². The van der Waals surface area contributed by atoms with Gasteiger partial charge in [0.2, 0.25) is 0 Å². The molecule has 2 bridgehead atoms. The van der Waals surface area contributed by atoms with E-state index in [1.54, 1.807) is 0 Å².